The summed E-state index contributed by atoms with van der Waals surface area (Å²) in [4.78, 5) is 37.2. The minimum atomic E-state index is -0.935. The fourth-order valence-electron chi connectivity index (χ4n) is 4.00. The first-order chi connectivity index (χ1) is 13.4. The van der Waals surface area contributed by atoms with Crippen LogP contribution in [0.4, 0.5) is 0 Å². The van der Waals surface area contributed by atoms with Gasteiger partial charge in [-0.1, -0.05) is 0 Å². The van der Waals surface area contributed by atoms with Gasteiger partial charge in [-0.2, -0.15) is 0 Å². The largest absolute Gasteiger partial charge is 0.500 e. The van der Waals surface area contributed by atoms with Crippen molar-refractivity contribution < 1.29 is 38.1 Å². The van der Waals surface area contributed by atoms with Gasteiger partial charge in [0.1, 0.15) is 11.7 Å². The zero-order chi connectivity index (χ0) is 20.9. The average molecular weight is 396 g/mol. The number of esters is 3. The van der Waals surface area contributed by atoms with Crippen LogP contribution >= 0.6 is 0 Å². The molecule has 0 N–H and O–H groups in total. The van der Waals surface area contributed by atoms with E-state index in [0.29, 0.717) is 5.76 Å². The number of carbonyl (C=O) groups excluding carboxylic acids is 3. The molecule has 5 atom stereocenters. The maximum atomic E-state index is 12.8. The van der Waals surface area contributed by atoms with E-state index in [1.165, 1.54) is 20.3 Å². The maximum Gasteiger partial charge on any atom is 0.330 e. The third-order valence-electron chi connectivity index (χ3n) is 5.17. The molecule has 8 heteroatoms. The van der Waals surface area contributed by atoms with Gasteiger partial charge >= 0.3 is 17.9 Å². The first-order valence-corrected chi connectivity index (χ1v) is 9.41. The van der Waals surface area contributed by atoms with E-state index in [0.717, 1.165) is 0 Å². The molecule has 0 aromatic carbocycles. The van der Waals surface area contributed by atoms with Crippen molar-refractivity contribution in [3.8, 4) is 0 Å². The number of ether oxygens (including phenoxy) is 5. The molecular weight excluding hydrogens is 368 g/mol. The molecule has 2 aliphatic carbocycles. The van der Waals surface area contributed by atoms with E-state index in [4.69, 9.17) is 23.7 Å². The van der Waals surface area contributed by atoms with Crippen LogP contribution in [0.15, 0.2) is 24.0 Å². The van der Waals surface area contributed by atoms with Crippen molar-refractivity contribution in [2.75, 3.05) is 34.0 Å². The second-order valence-electron chi connectivity index (χ2n) is 6.48. The zero-order valence-electron chi connectivity index (χ0n) is 16.9. The van der Waals surface area contributed by atoms with Crippen LogP contribution in [0.1, 0.15) is 20.8 Å². The summed E-state index contributed by atoms with van der Waals surface area (Å²) in [5, 5.41) is 0. The van der Waals surface area contributed by atoms with Crippen molar-refractivity contribution in [3.63, 3.8) is 0 Å². The molecule has 0 amide bonds. The summed E-state index contributed by atoms with van der Waals surface area (Å²) >= 11 is 0. The van der Waals surface area contributed by atoms with E-state index in [1.807, 2.05) is 0 Å². The van der Waals surface area contributed by atoms with Crippen molar-refractivity contribution in [1.29, 1.82) is 0 Å². The SMILES string of the molecule is CCOC(=O)/C=C/[C@]1(OC)[C@H]2[C@H](C(=O)OCC)[C@H](C(=O)OCC)C(OC)=C[C@H]21. The smallest absolute Gasteiger partial charge is 0.330 e. The van der Waals surface area contributed by atoms with E-state index < -0.39 is 41.3 Å². The Labute approximate surface area is 164 Å². The highest BCUT2D eigenvalue weighted by Gasteiger charge is 2.72. The van der Waals surface area contributed by atoms with Crippen LogP contribution < -0.4 is 0 Å². The number of fused-ring (bicyclic) bond motifs is 1. The summed E-state index contributed by atoms with van der Waals surface area (Å²) in [7, 11) is 2.93. The Bertz CT molecular complexity index is 667. The molecule has 0 radical (unpaired) electrons. The van der Waals surface area contributed by atoms with E-state index in [2.05, 4.69) is 0 Å². The zero-order valence-corrected chi connectivity index (χ0v) is 16.9. The predicted octanol–water partition coefficient (Wildman–Crippen LogP) is 1.64. The van der Waals surface area contributed by atoms with Crippen LogP contribution in [0.3, 0.4) is 0 Å². The van der Waals surface area contributed by atoms with Gasteiger partial charge in [0.15, 0.2) is 0 Å². The number of rotatable bonds is 9. The molecule has 156 valence electrons. The average Bonchev–Trinajstić information content (AvgIpc) is 3.32. The van der Waals surface area contributed by atoms with Gasteiger partial charge in [0, 0.05) is 25.0 Å². The van der Waals surface area contributed by atoms with Crippen molar-refractivity contribution in [3.05, 3.63) is 24.0 Å². The molecule has 0 unspecified atom stereocenters. The number of hydrogen-bond donors (Lipinski definition) is 0. The normalized spacial score (nSPS) is 30.8. The van der Waals surface area contributed by atoms with Gasteiger partial charge < -0.3 is 23.7 Å². The van der Waals surface area contributed by atoms with Gasteiger partial charge in [-0.25, -0.2) is 4.79 Å². The van der Waals surface area contributed by atoms with Crippen molar-refractivity contribution >= 4 is 17.9 Å². The van der Waals surface area contributed by atoms with Crippen LogP contribution in [0.5, 0.6) is 0 Å². The molecule has 0 heterocycles. The summed E-state index contributed by atoms with van der Waals surface area (Å²) in [5.41, 5.74) is -0.935. The summed E-state index contributed by atoms with van der Waals surface area (Å²) in [6.07, 6.45) is 4.64. The molecule has 0 aromatic heterocycles. The van der Waals surface area contributed by atoms with Crippen LogP contribution in [0, 0.1) is 23.7 Å². The van der Waals surface area contributed by atoms with Crippen LogP contribution in [0.2, 0.25) is 0 Å². The highest BCUT2D eigenvalue weighted by molar-refractivity contribution is 5.86. The Morgan fingerprint density at radius 3 is 2.14 bits per heavy atom. The molecule has 1 saturated carbocycles. The first kappa shape index (κ1) is 21.9. The molecule has 2 aliphatic rings. The second kappa shape index (κ2) is 9.23. The van der Waals surface area contributed by atoms with Crippen LogP contribution in [-0.2, 0) is 38.1 Å². The third kappa shape index (κ3) is 3.92. The quantitative estimate of drug-likeness (QED) is 0.330. The van der Waals surface area contributed by atoms with Crippen molar-refractivity contribution in [2.24, 2.45) is 23.7 Å². The molecule has 1 fully saturated rings. The highest BCUT2D eigenvalue weighted by Crippen LogP contribution is 2.64. The Morgan fingerprint density at radius 1 is 1.00 bits per heavy atom. The Hall–Kier alpha value is -2.35. The summed E-state index contributed by atoms with van der Waals surface area (Å²) in [6.45, 7) is 5.70. The van der Waals surface area contributed by atoms with Gasteiger partial charge in [-0.15, -0.1) is 0 Å². The lowest BCUT2D eigenvalue weighted by Gasteiger charge is -2.28. The molecule has 8 nitrogen and oxygen atoms in total. The van der Waals surface area contributed by atoms with Gasteiger partial charge in [0.2, 0.25) is 0 Å². The Kier molecular flexibility index (Phi) is 7.23. The summed E-state index contributed by atoms with van der Waals surface area (Å²) in [5.74, 6) is -3.68. The summed E-state index contributed by atoms with van der Waals surface area (Å²) < 4.78 is 26.4. The van der Waals surface area contributed by atoms with Crippen molar-refractivity contribution in [2.45, 2.75) is 26.4 Å². The van der Waals surface area contributed by atoms with E-state index >= 15 is 0 Å². The van der Waals surface area contributed by atoms with Crippen molar-refractivity contribution in [1.82, 2.24) is 0 Å². The third-order valence-corrected chi connectivity index (χ3v) is 5.17. The minimum absolute atomic E-state index is 0.174. The highest BCUT2D eigenvalue weighted by atomic mass is 16.5. The number of methoxy groups -OCH3 is 2. The standard InChI is InChI=1S/C20H28O8/c1-6-26-14(21)9-10-20(25-5)12-11-13(24-4)15(18(22)27-7-2)16(17(12)20)19(23)28-8-3/h9-12,15-17H,6-8H2,1-5H3/b10-9+/t12-,15-,16-,17-,20-/m1/s1. The van der Waals surface area contributed by atoms with E-state index in [1.54, 1.807) is 32.9 Å². The maximum absolute atomic E-state index is 12.8. The van der Waals surface area contributed by atoms with Gasteiger partial charge in [0.25, 0.3) is 0 Å². The van der Waals surface area contributed by atoms with Gasteiger partial charge in [-0.3, -0.25) is 9.59 Å². The lowest BCUT2D eigenvalue weighted by atomic mass is 9.81. The Balaban J connectivity index is 2.44. The topological polar surface area (TPSA) is 97.4 Å². The fourth-order valence-corrected chi connectivity index (χ4v) is 4.00. The minimum Gasteiger partial charge on any atom is -0.500 e. The molecule has 0 aliphatic heterocycles. The predicted molar refractivity (Wildman–Crippen MR) is 97.8 cm³/mol. The fraction of sp³-hybridized carbons (Fsp3) is 0.650. The molecule has 0 bridgehead atoms. The second-order valence-corrected chi connectivity index (χ2v) is 6.48. The Morgan fingerprint density at radius 2 is 1.61 bits per heavy atom. The van der Waals surface area contributed by atoms with Crippen LogP contribution in [0.25, 0.3) is 0 Å². The van der Waals surface area contributed by atoms with E-state index in [-0.39, 0.29) is 25.7 Å². The monoisotopic (exact) mass is 396 g/mol. The molecule has 2 rings (SSSR count). The molecule has 0 spiro atoms. The summed E-state index contributed by atoms with van der Waals surface area (Å²) in [6, 6.07) is 0. The van der Waals surface area contributed by atoms with Crippen LogP contribution in [-0.4, -0.2) is 57.5 Å². The van der Waals surface area contributed by atoms with Gasteiger partial charge in [0.05, 0.1) is 38.4 Å². The lowest BCUT2D eigenvalue weighted by molar-refractivity contribution is -0.162. The first-order valence-electron chi connectivity index (χ1n) is 9.41. The molecule has 0 aromatic rings. The van der Waals surface area contributed by atoms with Gasteiger partial charge in [-0.05, 0) is 32.9 Å². The molecule has 28 heavy (non-hydrogen) atoms. The lowest BCUT2D eigenvalue weighted by Crippen LogP contribution is -2.39. The number of carbonyl (C=O) groups is 3. The molecular formula is C20H28O8. The molecule has 0 saturated heterocycles. The van der Waals surface area contributed by atoms with E-state index in [9.17, 15) is 14.4 Å². The number of hydrogen-bond acceptors (Lipinski definition) is 8.